The maximum Gasteiger partial charge on any atom is 0.273 e. The summed E-state index contributed by atoms with van der Waals surface area (Å²) in [5, 5.41) is 3.94. The summed E-state index contributed by atoms with van der Waals surface area (Å²) < 4.78 is 8.88. The van der Waals surface area contributed by atoms with Crippen LogP contribution >= 0.6 is 38.5 Å². The molecule has 0 aliphatic carbocycles. The van der Waals surface area contributed by atoms with Crippen LogP contribution < -0.4 is 5.43 Å². The van der Waals surface area contributed by atoms with E-state index in [-0.39, 0.29) is 5.91 Å². The quantitative estimate of drug-likeness (QED) is 0.343. The molecule has 0 atom stereocenters. The molecule has 23 heavy (non-hydrogen) atoms. The van der Waals surface area contributed by atoms with E-state index in [0.717, 1.165) is 13.9 Å². The van der Waals surface area contributed by atoms with E-state index in [1.165, 1.54) is 6.21 Å². The van der Waals surface area contributed by atoms with Crippen molar-refractivity contribution in [1.29, 1.82) is 0 Å². The van der Waals surface area contributed by atoms with Gasteiger partial charge in [0.05, 0.1) is 21.9 Å². The largest absolute Gasteiger partial charge is 0.448 e. The summed E-state index contributed by atoms with van der Waals surface area (Å²) in [5.74, 6) is 0.270. The van der Waals surface area contributed by atoms with Gasteiger partial charge in [-0.15, -0.1) is 0 Å². The van der Waals surface area contributed by atoms with E-state index < -0.39 is 0 Å². The lowest BCUT2D eigenvalue weighted by Crippen LogP contribution is -2.19. The van der Waals surface area contributed by atoms with Crippen LogP contribution in [0, 0.1) is 3.77 Å². The summed E-state index contributed by atoms with van der Waals surface area (Å²) >= 11 is 5.42. The van der Waals surface area contributed by atoms with Crippen molar-refractivity contribution in [2.24, 2.45) is 5.10 Å². The topological polar surface area (TPSA) is 59.5 Å². The van der Waals surface area contributed by atoms with Gasteiger partial charge in [0.15, 0.2) is 3.77 Å². The van der Waals surface area contributed by atoms with Crippen molar-refractivity contribution < 1.29 is 9.21 Å². The van der Waals surface area contributed by atoms with E-state index in [9.17, 15) is 4.79 Å². The highest BCUT2D eigenvalue weighted by Crippen LogP contribution is 2.22. The summed E-state index contributed by atoms with van der Waals surface area (Å²) in [7, 11) is 0. The monoisotopic (exact) mass is 483 g/mol. The zero-order valence-electron chi connectivity index (χ0n) is 11.7. The third-order valence-electron chi connectivity index (χ3n) is 3.05. The Labute approximate surface area is 154 Å². The Bertz CT molecular complexity index is 837. The molecule has 1 amide bonds. The number of carbonyl (C=O) groups excluding carboxylic acids is 1. The van der Waals surface area contributed by atoms with Crippen LogP contribution in [0.1, 0.15) is 16.1 Å². The van der Waals surface area contributed by atoms with Crippen LogP contribution in [0.3, 0.4) is 0 Å². The highest BCUT2D eigenvalue weighted by atomic mass is 127. The number of carbonyl (C=O) groups is 1. The fourth-order valence-corrected chi connectivity index (χ4v) is 2.74. The summed E-state index contributed by atoms with van der Waals surface area (Å²) in [6, 6.07) is 12.9. The number of hydrogen-bond donors (Lipinski definition) is 1. The SMILES string of the molecule is O=C(N/N=C/c1cc(Br)c(I)o1)c1ccccc1-n1cccc1. The first-order chi connectivity index (χ1) is 11.1. The lowest BCUT2D eigenvalue weighted by molar-refractivity contribution is 0.0955. The third kappa shape index (κ3) is 3.73. The van der Waals surface area contributed by atoms with Crippen LogP contribution in [0.4, 0.5) is 0 Å². The molecule has 0 aliphatic rings. The Hall–Kier alpha value is -1.87. The van der Waals surface area contributed by atoms with E-state index in [4.69, 9.17) is 4.42 Å². The Morgan fingerprint density at radius 1 is 1.26 bits per heavy atom. The molecule has 0 fully saturated rings. The molecule has 0 saturated carbocycles. The predicted octanol–water partition coefficient (Wildman–Crippen LogP) is 4.20. The van der Waals surface area contributed by atoms with Gasteiger partial charge in [0.2, 0.25) is 0 Å². The maximum atomic E-state index is 12.3. The number of furan rings is 1. The van der Waals surface area contributed by atoms with Crippen molar-refractivity contribution >= 4 is 50.6 Å². The Morgan fingerprint density at radius 2 is 2.00 bits per heavy atom. The second-order valence-corrected chi connectivity index (χ2v) is 6.41. The molecule has 0 saturated heterocycles. The molecule has 0 bridgehead atoms. The zero-order valence-corrected chi connectivity index (χ0v) is 15.5. The van der Waals surface area contributed by atoms with Gasteiger partial charge in [-0.1, -0.05) is 12.1 Å². The van der Waals surface area contributed by atoms with E-state index >= 15 is 0 Å². The fraction of sp³-hybridized carbons (Fsp3) is 0. The zero-order chi connectivity index (χ0) is 16.2. The fourth-order valence-electron chi connectivity index (χ4n) is 2.03. The van der Waals surface area contributed by atoms with Crippen LogP contribution in [0.2, 0.25) is 0 Å². The van der Waals surface area contributed by atoms with E-state index in [2.05, 4.69) is 49.0 Å². The molecule has 0 radical (unpaired) electrons. The van der Waals surface area contributed by atoms with Gasteiger partial charge in [0.25, 0.3) is 5.91 Å². The third-order valence-corrected chi connectivity index (χ3v) is 5.18. The number of hydrogen-bond acceptors (Lipinski definition) is 3. The second kappa shape index (κ2) is 7.14. The molecular formula is C16H11BrIN3O2. The molecule has 3 rings (SSSR count). The maximum absolute atomic E-state index is 12.3. The standard InChI is InChI=1S/C16H11BrIN3O2/c17-13-9-11(23-15(13)18)10-19-20-16(22)12-5-1-2-6-14(12)21-7-3-4-8-21/h1-10H,(H,20,22)/b19-10+. The molecule has 0 spiro atoms. The van der Waals surface area contributed by atoms with Crippen LogP contribution in [0.15, 0.2) is 68.8 Å². The van der Waals surface area contributed by atoms with Gasteiger partial charge in [-0.3, -0.25) is 4.79 Å². The normalized spacial score (nSPS) is 11.0. The number of rotatable bonds is 4. The molecule has 1 N–H and O–H groups in total. The van der Waals surface area contributed by atoms with E-state index in [1.807, 2.05) is 47.3 Å². The molecule has 1 aromatic carbocycles. The lowest BCUT2D eigenvalue weighted by Gasteiger charge is -2.08. The first-order valence-electron chi connectivity index (χ1n) is 6.66. The smallest absolute Gasteiger partial charge is 0.273 e. The van der Waals surface area contributed by atoms with Crippen LogP contribution in [0.5, 0.6) is 0 Å². The minimum atomic E-state index is -0.286. The average Bonchev–Trinajstić information content (AvgIpc) is 3.18. The van der Waals surface area contributed by atoms with Crippen LogP contribution in [-0.4, -0.2) is 16.7 Å². The number of aromatic nitrogens is 1. The number of hydrazone groups is 1. The first-order valence-corrected chi connectivity index (χ1v) is 8.53. The Morgan fingerprint density at radius 3 is 2.70 bits per heavy atom. The summed E-state index contributed by atoms with van der Waals surface area (Å²) in [5.41, 5.74) is 3.85. The molecule has 2 heterocycles. The van der Waals surface area contributed by atoms with Crippen molar-refractivity contribution in [3.05, 3.63) is 74.4 Å². The molecule has 0 unspecified atom stereocenters. The Kier molecular flexibility index (Phi) is 4.97. The molecule has 116 valence electrons. The first kappa shape index (κ1) is 16.0. The minimum Gasteiger partial charge on any atom is -0.448 e. The summed E-state index contributed by atoms with van der Waals surface area (Å²) in [4.78, 5) is 12.3. The van der Waals surface area contributed by atoms with Crippen molar-refractivity contribution in [1.82, 2.24) is 9.99 Å². The van der Waals surface area contributed by atoms with Gasteiger partial charge in [-0.25, -0.2) is 5.43 Å². The van der Waals surface area contributed by atoms with Gasteiger partial charge in [0.1, 0.15) is 5.76 Å². The van der Waals surface area contributed by atoms with Gasteiger partial charge in [-0.05, 0) is 40.2 Å². The van der Waals surface area contributed by atoms with Crippen molar-refractivity contribution in [2.45, 2.75) is 0 Å². The van der Waals surface area contributed by atoms with Crippen LogP contribution in [0.25, 0.3) is 5.69 Å². The van der Waals surface area contributed by atoms with Gasteiger partial charge in [0, 0.05) is 41.1 Å². The number of nitrogens with zero attached hydrogens (tertiary/aromatic N) is 2. The summed E-state index contributed by atoms with van der Waals surface area (Å²) in [6.45, 7) is 0. The molecule has 3 aromatic rings. The van der Waals surface area contributed by atoms with Crippen LogP contribution in [-0.2, 0) is 0 Å². The van der Waals surface area contributed by atoms with Gasteiger partial charge >= 0.3 is 0 Å². The number of benzene rings is 1. The van der Waals surface area contributed by atoms with Gasteiger partial charge in [-0.2, -0.15) is 5.10 Å². The highest BCUT2D eigenvalue weighted by molar-refractivity contribution is 14.1. The molecular weight excluding hydrogens is 473 g/mol. The number of amides is 1. The molecule has 0 aliphatic heterocycles. The van der Waals surface area contributed by atoms with Gasteiger partial charge < -0.3 is 8.98 Å². The van der Waals surface area contributed by atoms with Crippen molar-refractivity contribution in [3.63, 3.8) is 0 Å². The van der Waals surface area contributed by atoms with Crippen molar-refractivity contribution in [2.75, 3.05) is 0 Å². The average molecular weight is 484 g/mol. The minimum absolute atomic E-state index is 0.286. The number of nitrogens with one attached hydrogen (secondary N) is 1. The molecule has 5 nitrogen and oxygen atoms in total. The second-order valence-electron chi connectivity index (χ2n) is 4.58. The van der Waals surface area contributed by atoms with E-state index in [0.29, 0.717) is 11.3 Å². The molecule has 2 aromatic heterocycles. The van der Waals surface area contributed by atoms with E-state index in [1.54, 1.807) is 12.1 Å². The highest BCUT2D eigenvalue weighted by Gasteiger charge is 2.11. The van der Waals surface area contributed by atoms with Crippen molar-refractivity contribution in [3.8, 4) is 5.69 Å². The summed E-state index contributed by atoms with van der Waals surface area (Å²) in [6.07, 6.45) is 5.23. The Balaban J connectivity index is 1.76. The predicted molar refractivity (Wildman–Crippen MR) is 100.0 cm³/mol. The lowest BCUT2D eigenvalue weighted by atomic mass is 10.1. The number of para-hydroxylation sites is 1. The number of halogens is 2. The molecule has 7 heteroatoms.